The maximum atomic E-state index is 4.65. The molecule has 0 N–H and O–H groups in total. The molecule has 0 saturated heterocycles. The lowest BCUT2D eigenvalue weighted by atomic mass is 10.0. The number of nitrogens with zero attached hydrogens (tertiary/aromatic N) is 1. The average Bonchev–Trinajstić information content (AvgIpc) is 3.20. The summed E-state index contributed by atoms with van der Waals surface area (Å²) >= 11 is 6.49. The zero-order valence-electron chi connectivity index (χ0n) is 13.3. The fourth-order valence-corrected chi connectivity index (χ4v) is 4.17. The summed E-state index contributed by atoms with van der Waals surface area (Å²) in [7, 11) is 0. The van der Waals surface area contributed by atoms with Crippen molar-refractivity contribution in [3.63, 3.8) is 0 Å². The lowest BCUT2D eigenvalue weighted by Gasteiger charge is -2.05. The predicted molar refractivity (Wildman–Crippen MR) is 102 cm³/mol. The molecule has 0 unspecified atom stereocenters. The molecule has 0 amide bonds. The van der Waals surface area contributed by atoms with Crippen LogP contribution in [-0.2, 0) is 6.42 Å². The van der Waals surface area contributed by atoms with Crippen LogP contribution in [0.5, 0.6) is 0 Å². The van der Waals surface area contributed by atoms with Crippen molar-refractivity contribution in [3.8, 4) is 11.8 Å². The van der Waals surface area contributed by atoms with Gasteiger partial charge in [0, 0.05) is 10.4 Å². The molecule has 2 aromatic rings. The third kappa shape index (κ3) is 4.39. The lowest BCUT2D eigenvalue weighted by molar-refractivity contribution is 0.551. The highest BCUT2D eigenvalue weighted by Gasteiger charge is 2.15. The van der Waals surface area contributed by atoms with E-state index in [0.717, 1.165) is 27.6 Å². The van der Waals surface area contributed by atoms with Crippen LogP contribution in [0.4, 0.5) is 5.69 Å². The number of thiophene rings is 1. The highest BCUT2D eigenvalue weighted by atomic mass is 32.1. The molecule has 1 aromatic heterocycles. The molecule has 1 aliphatic rings. The number of rotatable bonds is 3. The number of aliphatic imine (C=N–C) groups is 1. The van der Waals surface area contributed by atoms with E-state index >= 15 is 0 Å². The van der Waals surface area contributed by atoms with Crippen molar-refractivity contribution in [3.05, 3.63) is 51.2 Å². The smallest absolute Gasteiger partial charge is 0.0775 e. The van der Waals surface area contributed by atoms with Crippen LogP contribution in [0.2, 0.25) is 0 Å². The second kappa shape index (κ2) is 7.70. The van der Waals surface area contributed by atoms with Gasteiger partial charge in [0.2, 0.25) is 0 Å². The molecule has 0 atom stereocenters. The van der Waals surface area contributed by atoms with E-state index in [1.807, 2.05) is 36.5 Å². The van der Waals surface area contributed by atoms with Gasteiger partial charge in [-0.25, -0.2) is 0 Å². The van der Waals surface area contributed by atoms with Crippen molar-refractivity contribution >= 4 is 34.4 Å². The minimum absolute atomic E-state index is 0.862. The maximum Gasteiger partial charge on any atom is 0.0775 e. The maximum absolute atomic E-state index is 4.65. The standard InChI is InChI=1S/C20H19NS2/c1-15-12-17(7-11-20(15)21-14-22)6-8-18-9-10-19(23-18)13-16-4-2-3-5-16/h7,9-12,16H,2-5,13H2,1H3. The molecule has 23 heavy (non-hydrogen) atoms. The van der Waals surface area contributed by atoms with Crippen molar-refractivity contribution in [1.29, 1.82) is 0 Å². The first-order valence-electron chi connectivity index (χ1n) is 8.04. The van der Waals surface area contributed by atoms with Crippen LogP contribution in [0.1, 0.15) is 46.6 Å². The molecule has 1 aromatic carbocycles. The second-order valence-corrected chi connectivity index (χ2v) is 7.43. The third-order valence-corrected chi connectivity index (χ3v) is 5.43. The zero-order chi connectivity index (χ0) is 16.1. The average molecular weight is 338 g/mol. The first-order chi connectivity index (χ1) is 11.2. The van der Waals surface area contributed by atoms with Crippen molar-refractivity contribution in [2.24, 2.45) is 10.9 Å². The van der Waals surface area contributed by atoms with Gasteiger partial charge in [0.15, 0.2) is 0 Å². The topological polar surface area (TPSA) is 12.4 Å². The van der Waals surface area contributed by atoms with E-state index in [0.29, 0.717) is 0 Å². The Morgan fingerprint density at radius 3 is 2.74 bits per heavy atom. The van der Waals surface area contributed by atoms with Gasteiger partial charge >= 0.3 is 0 Å². The van der Waals surface area contributed by atoms with E-state index in [9.17, 15) is 0 Å². The van der Waals surface area contributed by atoms with Gasteiger partial charge in [0.25, 0.3) is 0 Å². The summed E-state index contributed by atoms with van der Waals surface area (Å²) in [6.45, 7) is 2.02. The quantitative estimate of drug-likeness (QED) is 0.384. The number of thiocarbonyl (C=S) groups is 1. The van der Waals surface area contributed by atoms with Gasteiger partial charge in [-0.1, -0.05) is 37.5 Å². The molecule has 1 nitrogen and oxygen atoms in total. The largest absolute Gasteiger partial charge is 0.194 e. The Hall–Kier alpha value is -1.72. The monoisotopic (exact) mass is 337 g/mol. The molecule has 1 heterocycles. The van der Waals surface area contributed by atoms with E-state index in [1.54, 1.807) is 0 Å². The van der Waals surface area contributed by atoms with Gasteiger partial charge in [-0.2, -0.15) is 4.99 Å². The zero-order valence-corrected chi connectivity index (χ0v) is 14.9. The van der Waals surface area contributed by atoms with Gasteiger partial charge < -0.3 is 0 Å². The summed E-state index contributed by atoms with van der Waals surface area (Å²) in [6, 6.07) is 10.4. The predicted octanol–water partition coefficient (Wildman–Crippen LogP) is 5.92. The molecule has 3 rings (SSSR count). The van der Waals surface area contributed by atoms with Crippen LogP contribution in [0, 0.1) is 24.7 Å². The molecular weight excluding hydrogens is 318 g/mol. The van der Waals surface area contributed by atoms with Crippen LogP contribution >= 0.6 is 23.6 Å². The molecule has 3 heteroatoms. The van der Waals surface area contributed by atoms with E-state index in [2.05, 4.69) is 46.3 Å². The summed E-state index contributed by atoms with van der Waals surface area (Å²) in [5.74, 6) is 7.43. The Kier molecular flexibility index (Phi) is 5.41. The highest BCUT2D eigenvalue weighted by Crippen LogP contribution is 2.30. The number of isothiocyanates is 1. The van der Waals surface area contributed by atoms with Gasteiger partial charge in [-0.05, 0) is 67.4 Å². The fraction of sp³-hybridized carbons (Fsp3) is 0.350. The molecule has 0 spiro atoms. The number of aryl methyl sites for hydroxylation is 1. The normalized spacial score (nSPS) is 14.1. The van der Waals surface area contributed by atoms with E-state index in [1.165, 1.54) is 37.0 Å². The Bertz CT molecular complexity index is 795. The van der Waals surface area contributed by atoms with Gasteiger partial charge in [0.05, 0.1) is 15.7 Å². The molecule has 0 bridgehead atoms. The minimum Gasteiger partial charge on any atom is -0.194 e. The molecule has 1 saturated carbocycles. The van der Waals surface area contributed by atoms with E-state index in [-0.39, 0.29) is 0 Å². The van der Waals surface area contributed by atoms with Crippen molar-refractivity contribution in [2.75, 3.05) is 0 Å². The molecule has 116 valence electrons. The first-order valence-corrected chi connectivity index (χ1v) is 9.26. The molecular formula is C20H19NS2. The summed E-state index contributed by atoms with van der Waals surface area (Å²) in [6.07, 6.45) is 6.84. The summed E-state index contributed by atoms with van der Waals surface area (Å²) < 4.78 is 0. The van der Waals surface area contributed by atoms with E-state index in [4.69, 9.17) is 0 Å². The van der Waals surface area contributed by atoms with Crippen LogP contribution in [0.25, 0.3) is 0 Å². The van der Waals surface area contributed by atoms with Gasteiger partial charge in [-0.3, -0.25) is 0 Å². The van der Waals surface area contributed by atoms with E-state index < -0.39 is 0 Å². The van der Waals surface area contributed by atoms with Crippen LogP contribution in [-0.4, -0.2) is 5.16 Å². The lowest BCUT2D eigenvalue weighted by Crippen LogP contribution is -1.95. The summed E-state index contributed by atoms with van der Waals surface area (Å²) in [5, 5.41) is 2.41. The van der Waals surface area contributed by atoms with Gasteiger partial charge in [0.1, 0.15) is 0 Å². The SMILES string of the molecule is Cc1cc(C#Cc2ccc(CC3CCCC3)s2)ccc1N=C=S. The third-order valence-electron chi connectivity index (χ3n) is 4.32. The number of hydrogen-bond donors (Lipinski definition) is 0. The van der Waals surface area contributed by atoms with Crippen LogP contribution in [0.15, 0.2) is 35.3 Å². The molecule has 0 aliphatic heterocycles. The Labute approximate surface area is 147 Å². The Balaban J connectivity index is 1.70. The number of benzene rings is 1. The Morgan fingerprint density at radius 2 is 2.00 bits per heavy atom. The van der Waals surface area contributed by atoms with Gasteiger partial charge in [-0.15, -0.1) is 11.3 Å². The van der Waals surface area contributed by atoms with Crippen molar-refractivity contribution in [2.45, 2.75) is 39.0 Å². The summed E-state index contributed by atoms with van der Waals surface area (Å²) in [5.41, 5.74) is 2.94. The second-order valence-electron chi connectivity index (χ2n) is 6.07. The fourth-order valence-electron chi connectivity index (χ4n) is 3.10. The molecule has 0 radical (unpaired) electrons. The number of hydrogen-bond acceptors (Lipinski definition) is 3. The van der Waals surface area contributed by atoms with Crippen molar-refractivity contribution < 1.29 is 0 Å². The highest BCUT2D eigenvalue weighted by molar-refractivity contribution is 7.78. The first kappa shape index (κ1) is 16.1. The Morgan fingerprint density at radius 1 is 1.17 bits per heavy atom. The minimum atomic E-state index is 0.862. The molecule has 1 aliphatic carbocycles. The summed E-state index contributed by atoms with van der Waals surface area (Å²) in [4.78, 5) is 6.66. The molecule has 1 fully saturated rings. The van der Waals surface area contributed by atoms with Crippen LogP contribution in [0.3, 0.4) is 0 Å². The van der Waals surface area contributed by atoms with Crippen molar-refractivity contribution in [1.82, 2.24) is 0 Å². The van der Waals surface area contributed by atoms with Crippen LogP contribution < -0.4 is 0 Å².